The van der Waals surface area contributed by atoms with Gasteiger partial charge in [-0.2, -0.15) is 0 Å². The van der Waals surface area contributed by atoms with Crippen molar-refractivity contribution in [3.63, 3.8) is 0 Å². The molecular weight excluding hydrogens is 286 g/mol. The predicted molar refractivity (Wildman–Crippen MR) is 83.0 cm³/mol. The van der Waals surface area contributed by atoms with E-state index in [0.717, 1.165) is 5.56 Å². The molecule has 0 saturated heterocycles. The summed E-state index contributed by atoms with van der Waals surface area (Å²) >= 11 is 6.07. The van der Waals surface area contributed by atoms with Crippen LogP contribution in [0.3, 0.4) is 0 Å². The second-order valence-electron chi connectivity index (χ2n) is 4.89. The first-order valence-electron chi connectivity index (χ1n) is 6.49. The lowest BCUT2D eigenvalue weighted by Crippen LogP contribution is -2.21. The van der Waals surface area contributed by atoms with E-state index in [1.165, 1.54) is 6.08 Å². The van der Waals surface area contributed by atoms with Crippen molar-refractivity contribution in [2.75, 3.05) is 5.32 Å². The number of rotatable bonds is 2. The number of halogens is 1. The summed E-state index contributed by atoms with van der Waals surface area (Å²) < 4.78 is 0. The van der Waals surface area contributed by atoms with Crippen LogP contribution in [0.1, 0.15) is 26.3 Å². The minimum absolute atomic E-state index is 0.175. The van der Waals surface area contributed by atoms with Gasteiger partial charge in [0.15, 0.2) is 5.78 Å². The van der Waals surface area contributed by atoms with E-state index in [2.05, 4.69) is 5.32 Å². The molecule has 3 rings (SSSR count). The van der Waals surface area contributed by atoms with Gasteiger partial charge in [0.1, 0.15) is 0 Å². The van der Waals surface area contributed by atoms with Gasteiger partial charge in [-0.25, -0.2) is 0 Å². The molecule has 1 aliphatic carbocycles. The fourth-order valence-electron chi connectivity index (χ4n) is 2.23. The number of Topliss-reactive ketones (excluding diaryl/α,β-unsaturated/α-hetero) is 1. The second-order valence-corrected chi connectivity index (χ2v) is 5.29. The van der Waals surface area contributed by atoms with Crippen molar-refractivity contribution in [2.45, 2.75) is 6.92 Å². The Morgan fingerprint density at radius 2 is 1.71 bits per heavy atom. The summed E-state index contributed by atoms with van der Waals surface area (Å²) in [6, 6.07) is 12.2. The van der Waals surface area contributed by atoms with Crippen LogP contribution in [0.4, 0.5) is 5.69 Å². The quantitative estimate of drug-likeness (QED) is 0.910. The van der Waals surface area contributed by atoms with Gasteiger partial charge in [0.25, 0.3) is 0 Å². The number of hydrogen-bond acceptors (Lipinski definition) is 3. The summed E-state index contributed by atoms with van der Waals surface area (Å²) in [6.07, 6.45) is 1.33. The van der Waals surface area contributed by atoms with E-state index in [4.69, 9.17) is 11.6 Å². The molecular formula is C17H12ClNO2. The number of anilines is 1. The molecule has 0 heterocycles. The first-order chi connectivity index (χ1) is 10.1. The number of nitrogens with one attached hydrogen (secondary N) is 1. The number of carbonyl (C=O) groups excluding carboxylic acids is 2. The SMILES string of the molecule is Cc1ccc(NC2=CC(=O)c3ccccc3C2=O)cc1Cl. The minimum Gasteiger partial charge on any atom is -0.352 e. The average Bonchev–Trinajstić information content (AvgIpc) is 2.48. The first kappa shape index (κ1) is 13.6. The molecule has 0 saturated carbocycles. The second kappa shape index (κ2) is 5.19. The Morgan fingerprint density at radius 3 is 2.43 bits per heavy atom. The smallest absolute Gasteiger partial charge is 0.210 e. The van der Waals surface area contributed by atoms with Crippen LogP contribution in [-0.4, -0.2) is 11.6 Å². The summed E-state index contributed by atoms with van der Waals surface area (Å²) in [5.74, 6) is -0.368. The van der Waals surface area contributed by atoms with Gasteiger partial charge in [0.2, 0.25) is 5.78 Å². The molecule has 0 aliphatic heterocycles. The van der Waals surface area contributed by atoms with E-state index in [9.17, 15) is 9.59 Å². The highest BCUT2D eigenvalue weighted by Gasteiger charge is 2.25. The van der Waals surface area contributed by atoms with Gasteiger partial charge in [-0.05, 0) is 24.6 Å². The largest absolute Gasteiger partial charge is 0.352 e. The van der Waals surface area contributed by atoms with Crippen LogP contribution >= 0.6 is 11.6 Å². The number of ketones is 2. The third-order valence-corrected chi connectivity index (χ3v) is 3.82. The Bertz CT molecular complexity index is 793. The first-order valence-corrected chi connectivity index (χ1v) is 6.87. The van der Waals surface area contributed by atoms with Crippen molar-refractivity contribution in [2.24, 2.45) is 0 Å². The standard InChI is InChI=1S/C17H12ClNO2/c1-10-6-7-11(8-14(10)18)19-15-9-16(20)12-4-2-3-5-13(12)17(15)21/h2-9,19H,1H3. The fourth-order valence-corrected chi connectivity index (χ4v) is 2.41. The summed E-state index contributed by atoms with van der Waals surface area (Å²) in [5.41, 5.74) is 2.75. The maximum atomic E-state index is 12.4. The predicted octanol–water partition coefficient (Wildman–Crippen LogP) is 4.02. The van der Waals surface area contributed by atoms with E-state index < -0.39 is 0 Å². The van der Waals surface area contributed by atoms with Gasteiger partial charge >= 0.3 is 0 Å². The normalized spacial score (nSPS) is 13.7. The highest BCUT2D eigenvalue weighted by molar-refractivity contribution is 6.31. The highest BCUT2D eigenvalue weighted by Crippen LogP contribution is 2.25. The van der Waals surface area contributed by atoms with Gasteiger partial charge < -0.3 is 5.32 Å². The zero-order valence-electron chi connectivity index (χ0n) is 11.3. The van der Waals surface area contributed by atoms with Crippen LogP contribution in [0.5, 0.6) is 0 Å². The number of fused-ring (bicyclic) bond motifs is 1. The van der Waals surface area contributed by atoms with Gasteiger partial charge in [-0.1, -0.05) is 41.9 Å². The van der Waals surface area contributed by atoms with Crippen LogP contribution in [0.25, 0.3) is 0 Å². The number of hydrogen-bond donors (Lipinski definition) is 1. The zero-order chi connectivity index (χ0) is 15.0. The van der Waals surface area contributed by atoms with Crippen molar-refractivity contribution < 1.29 is 9.59 Å². The number of carbonyl (C=O) groups is 2. The van der Waals surface area contributed by atoms with Crippen LogP contribution in [0.2, 0.25) is 5.02 Å². The minimum atomic E-state index is -0.193. The third kappa shape index (κ3) is 2.48. The molecule has 1 N–H and O–H groups in total. The lowest BCUT2D eigenvalue weighted by Gasteiger charge is -2.16. The van der Waals surface area contributed by atoms with E-state index in [-0.39, 0.29) is 17.3 Å². The summed E-state index contributed by atoms with van der Waals surface area (Å²) in [6.45, 7) is 1.90. The Hall–Kier alpha value is -2.39. The molecule has 2 aromatic rings. The molecule has 104 valence electrons. The van der Waals surface area contributed by atoms with Crippen molar-refractivity contribution in [3.05, 3.63) is 76.0 Å². The van der Waals surface area contributed by atoms with Gasteiger partial charge in [-0.15, -0.1) is 0 Å². The molecule has 0 aromatic heterocycles. The molecule has 21 heavy (non-hydrogen) atoms. The molecule has 0 unspecified atom stereocenters. The Balaban J connectivity index is 1.95. The van der Waals surface area contributed by atoms with Crippen molar-refractivity contribution in [1.29, 1.82) is 0 Å². The Morgan fingerprint density at radius 1 is 1.00 bits per heavy atom. The summed E-state index contributed by atoms with van der Waals surface area (Å²) in [4.78, 5) is 24.5. The molecule has 2 aromatic carbocycles. The molecule has 1 aliphatic rings. The van der Waals surface area contributed by atoms with Crippen LogP contribution < -0.4 is 5.32 Å². The van der Waals surface area contributed by atoms with E-state index in [1.54, 1.807) is 30.3 Å². The molecule has 0 fully saturated rings. The summed E-state index contributed by atoms with van der Waals surface area (Å²) in [5, 5.41) is 3.58. The number of benzene rings is 2. The maximum absolute atomic E-state index is 12.4. The molecule has 4 heteroatoms. The van der Waals surface area contributed by atoms with Crippen molar-refractivity contribution in [3.8, 4) is 0 Å². The molecule has 0 radical (unpaired) electrons. The van der Waals surface area contributed by atoms with Gasteiger partial charge in [0.05, 0.1) is 5.70 Å². The maximum Gasteiger partial charge on any atom is 0.210 e. The van der Waals surface area contributed by atoms with E-state index in [1.807, 2.05) is 19.1 Å². The van der Waals surface area contributed by atoms with Gasteiger partial charge in [0, 0.05) is 27.9 Å². The molecule has 0 spiro atoms. The Kier molecular flexibility index (Phi) is 3.35. The monoisotopic (exact) mass is 297 g/mol. The molecule has 0 amide bonds. The van der Waals surface area contributed by atoms with E-state index in [0.29, 0.717) is 21.8 Å². The average molecular weight is 298 g/mol. The van der Waals surface area contributed by atoms with Crippen LogP contribution in [0.15, 0.2) is 54.2 Å². The highest BCUT2D eigenvalue weighted by atomic mass is 35.5. The number of allylic oxidation sites excluding steroid dienone is 2. The van der Waals surface area contributed by atoms with Crippen molar-refractivity contribution in [1.82, 2.24) is 0 Å². The molecule has 3 nitrogen and oxygen atoms in total. The fraction of sp³-hybridized carbons (Fsp3) is 0.0588. The number of aryl methyl sites for hydroxylation is 1. The zero-order valence-corrected chi connectivity index (χ0v) is 12.1. The van der Waals surface area contributed by atoms with Gasteiger partial charge in [-0.3, -0.25) is 9.59 Å². The lowest BCUT2D eigenvalue weighted by molar-refractivity contribution is 0.0985. The topological polar surface area (TPSA) is 46.2 Å². The third-order valence-electron chi connectivity index (χ3n) is 3.41. The van der Waals surface area contributed by atoms with Crippen molar-refractivity contribution >= 4 is 28.9 Å². The van der Waals surface area contributed by atoms with Crippen LogP contribution in [0, 0.1) is 6.92 Å². The lowest BCUT2D eigenvalue weighted by atomic mass is 9.92. The summed E-state index contributed by atoms with van der Waals surface area (Å²) in [7, 11) is 0. The van der Waals surface area contributed by atoms with Crippen LogP contribution in [-0.2, 0) is 0 Å². The molecule has 0 atom stereocenters. The Labute approximate surface area is 127 Å². The molecule has 0 bridgehead atoms. The van der Waals surface area contributed by atoms with E-state index >= 15 is 0 Å².